The summed E-state index contributed by atoms with van der Waals surface area (Å²) in [5, 5.41) is 0. The number of hydrogen-bond acceptors (Lipinski definition) is 2. The molecule has 1 saturated heterocycles. The van der Waals surface area contributed by atoms with Gasteiger partial charge in [0.25, 0.3) is 0 Å². The average Bonchev–Trinajstić information content (AvgIpc) is 2.77. The van der Waals surface area contributed by atoms with E-state index < -0.39 is 0 Å². The van der Waals surface area contributed by atoms with E-state index in [1.54, 1.807) is 0 Å². The van der Waals surface area contributed by atoms with Crippen LogP contribution in [-0.2, 0) is 0 Å². The fourth-order valence-corrected chi connectivity index (χ4v) is 3.26. The van der Waals surface area contributed by atoms with Crippen LogP contribution in [0.15, 0.2) is 0 Å². The van der Waals surface area contributed by atoms with Crippen LogP contribution in [0.25, 0.3) is 0 Å². The Morgan fingerprint density at radius 3 is 2.20 bits per heavy atom. The minimum Gasteiger partial charge on any atom is -0.330 e. The lowest BCUT2D eigenvalue weighted by Gasteiger charge is -2.32. The van der Waals surface area contributed by atoms with E-state index in [9.17, 15) is 0 Å². The molecule has 0 unspecified atom stereocenters. The standard InChI is InChI=1S/C13H26N2/c14-12-13(6-2-3-7-13)8-11-15-9-4-1-5-10-15/h1-12,14H2. The van der Waals surface area contributed by atoms with Crippen LogP contribution in [0.1, 0.15) is 51.4 Å². The first-order chi connectivity index (χ1) is 7.35. The Morgan fingerprint density at radius 1 is 0.933 bits per heavy atom. The molecule has 88 valence electrons. The van der Waals surface area contributed by atoms with E-state index in [0.29, 0.717) is 5.41 Å². The van der Waals surface area contributed by atoms with Gasteiger partial charge in [-0.2, -0.15) is 0 Å². The van der Waals surface area contributed by atoms with Crippen LogP contribution in [0.3, 0.4) is 0 Å². The zero-order chi connectivity index (χ0) is 10.6. The molecule has 2 heteroatoms. The zero-order valence-corrected chi connectivity index (χ0v) is 10.0. The van der Waals surface area contributed by atoms with Gasteiger partial charge in [0.2, 0.25) is 0 Å². The van der Waals surface area contributed by atoms with E-state index in [1.807, 2.05) is 0 Å². The molecule has 0 spiro atoms. The Kier molecular flexibility index (Phi) is 4.04. The summed E-state index contributed by atoms with van der Waals surface area (Å²) in [5.41, 5.74) is 6.49. The van der Waals surface area contributed by atoms with Crippen molar-refractivity contribution in [3.8, 4) is 0 Å². The van der Waals surface area contributed by atoms with Crippen molar-refractivity contribution in [3.63, 3.8) is 0 Å². The normalized spacial score (nSPS) is 27.0. The Morgan fingerprint density at radius 2 is 1.60 bits per heavy atom. The Balaban J connectivity index is 1.75. The van der Waals surface area contributed by atoms with E-state index >= 15 is 0 Å². The highest BCUT2D eigenvalue weighted by Gasteiger charge is 2.32. The molecule has 0 aromatic rings. The summed E-state index contributed by atoms with van der Waals surface area (Å²) in [6, 6.07) is 0. The van der Waals surface area contributed by atoms with Gasteiger partial charge in [0, 0.05) is 0 Å². The van der Waals surface area contributed by atoms with E-state index in [0.717, 1.165) is 6.54 Å². The van der Waals surface area contributed by atoms with Crippen LogP contribution in [0.2, 0.25) is 0 Å². The van der Waals surface area contributed by atoms with Crippen molar-refractivity contribution in [2.45, 2.75) is 51.4 Å². The van der Waals surface area contributed by atoms with Crippen molar-refractivity contribution in [2.75, 3.05) is 26.2 Å². The molecular formula is C13H26N2. The molecule has 0 amide bonds. The summed E-state index contributed by atoms with van der Waals surface area (Å²) in [5.74, 6) is 0. The highest BCUT2D eigenvalue weighted by Crippen LogP contribution is 2.40. The molecule has 0 atom stereocenters. The van der Waals surface area contributed by atoms with Crippen molar-refractivity contribution in [1.29, 1.82) is 0 Å². The number of rotatable bonds is 4. The van der Waals surface area contributed by atoms with Crippen molar-refractivity contribution < 1.29 is 0 Å². The predicted molar refractivity (Wildman–Crippen MR) is 64.9 cm³/mol. The van der Waals surface area contributed by atoms with Crippen LogP contribution < -0.4 is 5.73 Å². The highest BCUT2D eigenvalue weighted by molar-refractivity contribution is 4.86. The van der Waals surface area contributed by atoms with Gasteiger partial charge in [-0.25, -0.2) is 0 Å². The van der Waals surface area contributed by atoms with Gasteiger partial charge in [-0.15, -0.1) is 0 Å². The van der Waals surface area contributed by atoms with Crippen molar-refractivity contribution >= 4 is 0 Å². The summed E-state index contributed by atoms with van der Waals surface area (Å²) in [4.78, 5) is 2.65. The SMILES string of the molecule is NCC1(CCN2CCCCC2)CCCC1. The zero-order valence-electron chi connectivity index (χ0n) is 10.0. The summed E-state index contributed by atoms with van der Waals surface area (Å²) < 4.78 is 0. The predicted octanol–water partition coefficient (Wildman–Crippen LogP) is 2.38. The van der Waals surface area contributed by atoms with E-state index in [1.165, 1.54) is 71.0 Å². The first-order valence-corrected chi connectivity index (χ1v) is 6.77. The molecule has 0 aromatic heterocycles. The van der Waals surface area contributed by atoms with Crippen LogP contribution in [0.4, 0.5) is 0 Å². The molecule has 2 fully saturated rings. The minimum absolute atomic E-state index is 0.525. The second-order valence-corrected chi connectivity index (χ2v) is 5.56. The third-order valence-electron chi connectivity index (χ3n) is 4.50. The number of hydrogen-bond donors (Lipinski definition) is 1. The lowest BCUT2D eigenvalue weighted by Crippen LogP contribution is -2.36. The fourth-order valence-electron chi connectivity index (χ4n) is 3.26. The van der Waals surface area contributed by atoms with Gasteiger partial charge in [0.05, 0.1) is 0 Å². The molecule has 0 aromatic carbocycles. The van der Waals surface area contributed by atoms with Gasteiger partial charge in [0.1, 0.15) is 0 Å². The number of piperidine rings is 1. The van der Waals surface area contributed by atoms with Gasteiger partial charge in [-0.1, -0.05) is 19.3 Å². The monoisotopic (exact) mass is 210 g/mol. The summed E-state index contributed by atoms with van der Waals surface area (Å²) in [6.07, 6.45) is 11.2. The third kappa shape index (κ3) is 2.94. The molecule has 2 aliphatic rings. The topological polar surface area (TPSA) is 29.3 Å². The first-order valence-electron chi connectivity index (χ1n) is 6.77. The number of nitrogens with zero attached hydrogens (tertiary/aromatic N) is 1. The highest BCUT2D eigenvalue weighted by atomic mass is 15.1. The van der Waals surface area contributed by atoms with Crippen LogP contribution in [0.5, 0.6) is 0 Å². The van der Waals surface area contributed by atoms with Crippen LogP contribution in [0, 0.1) is 5.41 Å². The number of likely N-dealkylation sites (tertiary alicyclic amines) is 1. The van der Waals surface area contributed by atoms with E-state index in [-0.39, 0.29) is 0 Å². The lowest BCUT2D eigenvalue weighted by atomic mass is 9.82. The second-order valence-electron chi connectivity index (χ2n) is 5.56. The maximum absolute atomic E-state index is 5.97. The lowest BCUT2D eigenvalue weighted by molar-refractivity contribution is 0.177. The van der Waals surface area contributed by atoms with Crippen LogP contribution >= 0.6 is 0 Å². The van der Waals surface area contributed by atoms with Crippen LogP contribution in [-0.4, -0.2) is 31.1 Å². The van der Waals surface area contributed by atoms with Gasteiger partial charge in [-0.3, -0.25) is 0 Å². The summed E-state index contributed by atoms with van der Waals surface area (Å²) in [6.45, 7) is 4.89. The van der Waals surface area contributed by atoms with Crippen molar-refractivity contribution in [2.24, 2.45) is 11.1 Å². The number of nitrogens with two attached hydrogens (primary N) is 1. The Hall–Kier alpha value is -0.0800. The van der Waals surface area contributed by atoms with E-state index in [4.69, 9.17) is 5.73 Å². The molecule has 0 bridgehead atoms. The molecule has 1 aliphatic carbocycles. The molecule has 1 saturated carbocycles. The van der Waals surface area contributed by atoms with Gasteiger partial charge >= 0.3 is 0 Å². The maximum Gasteiger partial charge on any atom is -0.00130 e. The Bertz CT molecular complexity index is 179. The van der Waals surface area contributed by atoms with Gasteiger partial charge < -0.3 is 10.6 Å². The molecule has 0 radical (unpaired) electrons. The smallest absolute Gasteiger partial charge is 0.00130 e. The first kappa shape index (κ1) is 11.4. The maximum atomic E-state index is 5.97. The van der Waals surface area contributed by atoms with Crippen molar-refractivity contribution in [3.05, 3.63) is 0 Å². The van der Waals surface area contributed by atoms with E-state index in [2.05, 4.69) is 4.90 Å². The molecule has 2 nitrogen and oxygen atoms in total. The Labute approximate surface area is 94.2 Å². The fraction of sp³-hybridized carbons (Fsp3) is 1.00. The molecule has 2 N–H and O–H groups in total. The minimum atomic E-state index is 0.525. The molecule has 15 heavy (non-hydrogen) atoms. The second kappa shape index (κ2) is 5.31. The quantitative estimate of drug-likeness (QED) is 0.772. The molecule has 1 aliphatic heterocycles. The molecule has 2 rings (SSSR count). The average molecular weight is 210 g/mol. The van der Waals surface area contributed by atoms with Gasteiger partial charge in [-0.05, 0) is 63.7 Å². The van der Waals surface area contributed by atoms with Crippen molar-refractivity contribution in [1.82, 2.24) is 4.90 Å². The largest absolute Gasteiger partial charge is 0.330 e. The summed E-state index contributed by atoms with van der Waals surface area (Å²) in [7, 11) is 0. The molecular weight excluding hydrogens is 184 g/mol. The summed E-state index contributed by atoms with van der Waals surface area (Å²) >= 11 is 0. The molecule has 1 heterocycles. The third-order valence-corrected chi connectivity index (χ3v) is 4.50. The van der Waals surface area contributed by atoms with Gasteiger partial charge in [0.15, 0.2) is 0 Å².